The molecule has 0 aliphatic heterocycles. The van der Waals surface area contributed by atoms with Gasteiger partial charge in [-0.3, -0.25) is 0 Å². The molecule has 1 aliphatic rings. The maximum absolute atomic E-state index is 9.54. The monoisotopic (exact) mass is 535 g/mol. The normalized spacial score (nSPS) is 15.7. The maximum atomic E-state index is 9.54. The van der Waals surface area contributed by atoms with Crippen LogP contribution in [-0.4, -0.2) is 52.1 Å². The fourth-order valence-corrected chi connectivity index (χ4v) is 4.05. The van der Waals surface area contributed by atoms with Gasteiger partial charge in [0.1, 0.15) is 5.75 Å². The van der Waals surface area contributed by atoms with E-state index in [1.165, 1.54) is 19.3 Å². The van der Waals surface area contributed by atoms with Gasteiger partial charge in [-0.1, -0.05) is 19.3 Å². The Morgan fingerprint density at radius 2 is 1.63 bits per heavy atom. The van der Waals surface area contributed by atoms with Crippen molar-refractivity contribution in [2.75, 3.05) is 41.0 Å². The summed E-state index contributed by atoms with van der Waals surface area (Å²) in [6, 6.07) is 3.72. The molecule has 7 nitrogen and oxygen atoms in total. The molecule has 1 fully saturated rings. The van der Waals surface area contributed by atoms with Gasteiger partial charge in [0.05, 0.1) is 27.9 Å². The first kappa shape index (κ1) is 26.6. The number of methoxy groups -OCH3 is 3. The van der Waals surface area contributed by atoms with E-state index in [1.807, 2.05) is 12.1 Å². The van der Waals surface area contributed by atoms with Gasteiger partial charge in [0.2, 0.25) is 0 Å². The smallest absolute Gasteiger partial charge is 0.191 e. The molecule has 0 unspecified atom stereocenters. The third kappa shape index (κ3) is 7.37. The Labute approximate surface area is 198 Å². The van der Waals surface area contributed by atoms with E-state index in [0.29, 0.717) is 23.8 Å². The fraction of sp³-hybridized carbons (Fsp3) is 0.682. The predicted octanol–water partition coefficient (Wildman–Crippen LogP) is 3.72. The fourth-order valence-electron chi connectivity index (χ4n) is 4.05. The van der Waals surface area contributed by atoms with Crippen molar-refractivity contribution in [3.63, 3.8) is 0 Å². The SMILES string of the molecule is CCNC(=NCc1cc(OC)c(OC)cc1OC)NCC1(CCO)CCCCC1.I. The van der Waals surface area contributed by atoms with Crippen LogP contribution in [0.5, 0.6) is 17.2 Å². The van der Waals surface area contributed by atoms with Crippen LogP contribution >= 0.6 is 24.0 Å². The maximum Gasteiger partial charge on any atom is 0.191 e. The number of hydrogen-bond acceptors (Lipinski definition) is 5. The van der Waals surface area contributed by atoms with Crippen LogP contribution in [0.15, 0.2) is 17.1 Å². The summed E-state index contributed by atoms with van der Waals surface area (Å²) in [5.74, 6) is 2.77. The number of nitrogens with one attached hydrogen (secondary N) is 2. The molecule has 0 saturated heterocycles. The number of aliphatic hydroxyl groups is 1. The molecule has 0 aromatic heterocycles. The van der Waals surface area contributed by atoms with Crippen molar-refractivity contribution in [3.8, 4) is 17.2 Å². The molecule has 0 amide bonds. The average molecular weight is 535 g/mol. The average Bonchev–Trinajstić information content (AvgIpc) is 2.75. The molecule has 0 heterocycles. The molecular formula is C22H38IN3O4. The number of halogens is 1. The number of guanidine groups is 1. The molecule has 172 valence electrons. The zero-order valence-electron chi connectivity index (χ0n) is 18.8. The highest BCUT2D eigenvalue weighted by Crippen LogP contribution is 2.38. The molecule has 1 aromatic carbocycles. The molecular weight excluding hydrogens is 497 g/mol. The Morgan fingerprint density at radius 3 is 2.20 bits per heavy atom. The topological polar surface area (TPSA) is 84.3 Å². The number of ether oxygens (including phenoxy) is 3. The van der Waals surface area contributed by atoms with Crippen molar-refractivity contribution < 1.29 is 19.3 Å². The summed E-state index contributed by atoms with van der Waals surface area (Å²) in [5, 5.41) is 16.4. The first-order chi connectivity index (χ1) is 14.1. The van der Waals surface area contributed by atoms with Gasteiger partial charge in [-0.25, -0.2) is 4.99 Å². The summed E-state index contributed by atoms with van der Waals surface area (Å²) in [5.41, 5.74) is 1.08. The molecule has 1 aliphatic carbocycles. The van der Waals surface area contributed by atoms with Crippen LogP contribution in [0.2, 0.25) is 0 Å². The van der Waals surface area contributed by atoms with Crippen molar-refractivity contribution in [1.82, 2.24) is 10.6 Å². The van der Waals surface area contributed by atoms with Crippen molar-refractivity contribution in [2.45, 2.75) is 52.0 Å². The lowest BCUT2D eigenvalue weighted by atomic mass is 9.72. The summed E-state index contributed by atoms with van der Waals surface area (Å²) in [6.45, 7) is 4.34. The Kier molecular flexibility index (Phi) is 12.2. The van der Waals surface area contributed by atoms with E-state index < -0.39 is 0 Å². The van der Waals surface area contributed by atoms with Gasteiger partial charge in [0, 0.05) is 31.3 Å². The van der Waals surface area contributed by atoms with Crippen LogP contribution in [0.3, 0.4) is 0 Å². The molecule has 8 heteroatoms. The van der Waals surface area contributed by atoms with Crippen molar-refractivity contribution >= 4 is 29.9 Å². The van der Waals surface area contributed by atoms with Crippen LogP contribution in [0.4, 0.5) is 0 Å². The van der Waals surface area contributed by atoms with Gasteiger partial charge < -0.3 is 30.0 Å². The van der Waals surface area contributed by atoms with Crippen LogP contribution < -0.4 is 24.8 Å². The number of aliphatic hydroxyl groups excluding tert-OH is 1. The van der Waals surface area contributed by atoms with E-state index in [1.54, 1.807) is 21.3 Å². The third-order valence-electron chi connectivity index (χ3n) is 5.73. The quantitative estimate of drug-likeness (QED) is 0.241. The molecule has 1 aromatic rings. The minimum atomic E-state index is 0. The second kappa shape index (κ2) is 13.8. The highest BCUT2D eigenvalue weighted by Gasteiger charge is 2.31. The lowest BCUT2D eigenvalue weighted by Gasteiger charge is -2.37. The van der Waals surface area contributed by atoms with Gasteiger partial charge in [-0.2, -0.15) is 0 Å². The van der Waals surface area contributed by atoms with Crippen LogP contribution in [0.1, 0.15) is 51.0 Å². The Hall–Kier alpha value is -1.42. The standard InChI is InChI=1S/C22H37N3O4.HI/c1-5-23-21(25-16-22(11-12-26)9-7-6-8-10-22)24-15-17-13-19(28-3)20(29-4)14-18(17)27-2;/h13-14,26H,5-12,15-16H2,1-4H3,(H2,23,24,25);1H. The van der Waals surface area contributed by atoms with E-state index in [-0.39, 0.29) is 36.0 Å². The van der Waals surface area contributed by atoms with E-state index >= 15 is 0 Å². The molecule has 0 atom stereocenters. The van der Waals surface area contributed by atoms with Gasteiger partial charge in [-0.15, -0.1) is 24.0 Å². The van der Waals surface area contributed by atoms with Gasteiger partial charge in [-0.05, 0) is 37.7 Å². The Bertz CT molecular complexity index is 659. The van der Waals surface area contributed by atoms with Crippen LogP contribution in [0, 0.1) is 5.41 Å². The lowest BCUT2D eigenvalue weighted by molar-refractivity contribution is 0.131. The molecule has 3 N–H and O–H groups in total. The highest BCUT2D eigenvalue weighted by molar-refractivity contribution is 14.0. The number of nitrogens with zero attached hydrogens (tertiary/aromatic N) is 1. The molecule has 0 bridgehead atoms. The molecule has 0 spiro atoms. The summed E-state index contributed by atoms with van der Waals surface area (Å²) >= 11 is 0. The highest BCUT2D eigenvalue weighted by atomic mass is 127. The van der Waals surface area contributed by atoms with Crippen LogP contribution in [-0.2, 0) is 6.54 Å². The Morgan fingerprint density at radius 1 is 1.00 bits per heavy atom. The van der Waals surface area contributed by atoms with Gasteiger partial charge in [0.25, 0.3) is 0 Å². The van der Waals surface area contributed by atoms with E-state index in [4.69, 9.17) is 19.2 Å². The predicted molar refractivity (Wildman–Crippen MR) is 132 cm³/mol. The van der Waals surface area contributed by atoms with E-state index in [0.717, 1.165) is 43.9 Å². The first-order valence-electron chi connectivity index (χ1n) is 10.5. The zero-order chi connectivity index (χ0) is 21.1. The molecule has 30 heavy (non-hydrogen) atoms. The van der Waals surface area contributed by atoms with Gasteiger partial charge in [0.15, 0.2) is 17.5 Å². The van der Waals surface area contributed by atoms with Gasteiger partial charge >= 0.3 is 0 Å². The first-order valence-corrected chi connectivity index (χ1v) is 10.5. The second-order valence-corrected chi connectivity index (χ2v) is 7.60. The van der Waals surface area contributed by atoms with E-state index in [2.05, 4.69) is 17.6 Å². The second-order valence-electron chi connectivity index (χ2n) is 7.60. The van der Waals surface area contributed by atoms with Crippen LogP contribution in [0.25, 0.3) is 0 Å². The number of benzene rings is 1. The minimum Gasteiger partial charge on any atom is -0.496 e. The number of hydrogen-bond donors (Lipinski definition) is 3. The van der Waals surface area contributed by atoms with Crippen molar-refractivity contribution in [1.29, 1.82) is 0 Å². The van der Waals surface area contributed by atoms with Crippen molar-refractivity contribution in [3.05, 3.63) is 17.7 Å². The summed E-state index contributed by atoms with van der Waals surface area (Å²) in [7, 11) is 4.86. The number of aliphatic imine (C=N–C) groups is 1. The zero-order valence-corrected chi connectivity index (χ0v) is 21.1. The third-order valence-corrected chi connectivity index (χ3v) is 5.73. The van der Waals surface area contributed by atoms with E-state index in [9.17, 15) is 5.11 Å². The minimum absolute atomic E-state index is 0. The van der Waals surface area contributed by atoms with Crippen molar-refractivity contribution in [2.24, 2.45) is 10.4 Å². The lowest BCUT2D eigenvalue weighted by Crippen LogP contribution is -2.44. The summed E-state index contributed by atoms with van der Waals surface area (Å²) < 4.78 is 16.3. The largest absolute Gasteiger partial charge is 0.496 e. The Balaban J connectivity index is 0.00000450. The number of rotatable bonds is 10. The molecule has 2 rings (SSSR count). The molecule has 0 radical (unpaired) electrons. The summed E-state index contributed by atoms with van der Waals surface area (Å²) in [4.78, 5) is 4.75. The molecule has 1 saturated carbocycles. The summed E-state index contributed by atoms with van der Waals surface area (Å²) in [6.07, 6.45) is 6.91.